The van der Waals surface area contributed by atoms with Gasteiger partial charge >= 0.3 is 0 Å². The van der Waals surface area contributed by atoms with Crippen LogP contribution in [0, 0.1) is 12.7 Å². The average Bonchev–Trinajstić information content (AvgIpc) is 2.96. The summed E-state index contributed by atoms with van der Waals surface area (Å²) >= 11 is 6.07. The summed E-state index contributed by atoms with van der Waals surface area (Å²) in [5, 5.41) is 7.04. The molecule has 0 saturated heterocycles. The molecule has 1 amide bonds. The standard InChI is InChI=1S/C18H17ClFN5O/c1-10(2)17-21-8-12(19)16(24-17)18(26)23-14-9-22-25(11(14)3)15-7-5-4-6-13(15)20/h4-10H,1-3H3,(H,23,26). The van der Waals surface area contributed by atoms with Crippen LogP contribution in [-0.4, -0.2) is 25.7 Å². The maximum Gasteiger partial charge on any atom is 0.276 e. The number of nitrogens with one attached hydrogen (secondary N) is 1. The molecule has 3 rings (SSSR count). The van der Waals surface area contributed by atoms with Gasteiger partial charge in [0, 0.05) is 5.92 Å². The van der Waals surface area contributed by atoms with E-state index in [0.29, 0.717) is 22.9 Å². The van der Waals surface area contributed by atoms with Crippen LogP contribution in [0.25, 0.3) is 5.69 Å². The summed E-state index contributed by atoms with van der Waals surface area (Å²) in [4.78, 5) is 20.9. The first kappa shape index (κ1) is 18.0. The second kappa shape index (κ2) is 7.21. The quantitative estimate of drug-likeness (QED) is 0.746. The summed E-state index contributed by atoms with van der Waals surface area (Å²) in [6, 6.07) is 6.27. The van der Waals surface area contributed by atoms with Crippen LogP contribution in [0.4, 0.5) is 10.1 Å². The minimum absolute atomic E-state index is 0.0596. The van der Waals surface area contributed by atoms with Gasteiger partial charge in [0.2, 0.25) is 0 Å². The zero-order chi connectivity index (χ0) is 18.8. The predicted octanol–water partition coefficient (Wildman–Crippen LogP) is 4.14. The van der Waals surface area contributed by atoms with Gasteiger partial charge in [0.05, 0.1) is 28.8 Å². The van der Waals surface area contributed by atoms with Crippen molar-refractivity contribution in [3.63, 3.8) is 0 Å². The van der Waals surface area contributed by atoms with Crippen molar-refractivity contribution in [1.29, 1.82) is 0 Å². The third kappa shape index (κ3) is 3.43. The third-order valence-corrected chi connectivity index (χ3v) is 4.11. The highest BCUT2D eigenvalue weighted by molar-refractivity contribution is 6.33. The van der Waals surface area contributed by atoms with Crippen molar-refractivity contribution in [3.05, 3.63) is 64.7 Å². The van der Waals surface area contributed by atoms with Gasteiger partial charge in [-0.05, 0) is 19.1 Å². The van der Waals surface area contributed by atoms with Crippen LogP contribution in [-0.2, 0) is 0 Å². The van der Waals surface area contributed by atoms with Crippen molar-refractivity contribution >= 4 is 23.2 Å². The van der Waals surface area contributed by atoms with E-state index in [0.717, 1.165) is 0 Å². The highest BCUT2D eigenvalue weighted by atomic mass is 35.5. The summed E-state index contributed by atoms with van der Waals surface area (Å²) in [7, 11) is 0. The SMILES string of the molecule is Cc1c(NC(=O)c2nc(C(C)C)ncc2Cl)cnn1-c1ccccc1F. The number of anilines is 1. The van der Waals surface area contributed by atoms with Gasteiger partial charge in [-0.2, -0.15) is 5.10 Å². The summed E-state index contributed by atoms with van der Waals surface area (Å²) < 4.78 is 15.4. The maximum absolute atomic E-state index is 14.0. The van der Waals surface area contributed by atoms with Crippen molar-refractivity contribution in [2.24, 2.45) is 0 Å². The van der Waals surface area contributed by atoms with Gasteiger partial charge in [-0.25, -0.2) is 19.0 Å². The Hall–Kier alpha value is -2.80. The fourth-order valence-corrected chi connectivity index (χ4v) is 2.58. The van der Waals surface area contributed by atoms with Crippen LogP contribution in [0.2, 0.25) is 5.02 Å². The van der Waals surface area contributed by atoms with E-state index < -0.39 is 11.7 Å². The molecular weight excluding hydrogens is 357 g/mol. The highest BCUT2D eigenvalue weighted by Gasteiger charge is 2.18. The molecule has 0 saturated carbocycles. The Labute approximate surface area is 155 Å². The lowest BCUT2D eigenvalue weighted by atomic mass is 10.2. The predicted molar refractivity (Wildman–Crippen MR) is 97.3 cm³/mol. The Kier molecular flexibility index (Phi) is 4.99. The molecule has 134 valence electrons. The normalized spacial score (nSPS) is 11.0. The number of nitrogens with zero attached hydrogens (tertiary/aromatic N) is 4. The number of hydrogen-bond acceptors (Lipinski definition) is 4. The molecule has 1 aromatic carbocycles. The van der Waals surface area contributed by atoms with Crippen LogP contribution >= 0.6 is 11.6 Å². The van der Waals surface area contributed by atoms with E-state index in [4.69, 9.17) is 11.6 Å². The molecule has 0 fully saturated rings. The second-order valence-electron chi connectivity index (χ2n) is 6.04. The summed E-state index contributed by atoms with van der Waals surface area (Å²) in [5.74, 6) is -0.296. The Morgan fingerprint density at radius 3 is 2.69 bits per heavy atom. The van der Waals surface area contributed by atoms with E-state index in [2.05, 4.69) is 20.4 Å². The second-order valence-corrected chi connectivity index (χ2v) is 6.45. The Bertz CT molecular complexity index is 970. The van der Waals surface area contributed by atoms with Crippen LogP contribution in [0.5, 0.6) is 0 Å². The lowest BCUT2D eigenvalue weighted by Crippen LogP contribution is -2.16. The summed E-state index contributed by atoms with van der Waals surface area (Å²) in [5.41, 5.74) is 1.41. The molecule has 26 heavy (non-hydrogen) atoms. The summed E-state index contributed by atoms with van der Waals surface area (Å²) in [6.07, 6.45) is 2.87. The first-order chi connectivity index (χ1) is 12.4. The van der Waals surface area contributed by atoms with Crippen LogP contribution in [0.1, 0.15) is 41.8 Å². The number of rotatable bonds is 4. The zero-order valence-electron chi connectivity index (χ0n) is 14.5. The first-order valence-corrected chi connectivity index (χ1v) is 8.39. The van der Waals surface area contributed by atoms with E-state index in [9.17, 15) is 9.18 Å². The Morgan fingerprint density at radius 2 is 2.00 bits per heavy atom. The molecular formula is C18H17ClFN5O. The number of carbonyl (C=O) groups is 1. The number of aromatic nitrogens is 4. The van der Waals surface area contributed by atoms with Crippen molar-refractivity contribution in [3.8, 4) is 5.69 Å². The molecule has 1 N–H and O–H groups in total. The van der Waals surface area contributed by atoms with E-state index >= 15 is 0 Å². The smallest absolute Gasteiger partial charge is 0.276 e. The largest absolute Gasteiger partial charge is 0.318 e. The molecule has 6 nitrogen and oxygen atoms in total. The zero-order valence-corrected chi connectivity index (χ0v) is 15.3. The van der Waals surface area contributed by atoms with E-state index in [1.165, 1.54) is 23.1 Å². The molecule has 2 aromatic heterocycles. The third-order valence-electron chi connectivity index (χ3n) is 3.83. The van der Waals surface area contributed by atoms with Gasteiger partial charge in [-0.1, -0.05) is 37.6 Å². The minimum atomic E-state index is -0.476. The van der Waals surface area contributed by atoms with Gasteiger partial charge < -0.3 is 5.32 Å². The lowest BCUT2D eigenvalue weighted by molar-refractivity contribution is 0.102. The lowest BCUT2D eigenvalue weighted by Gasteiger charge is -2.09. The molecule has 8 heteroatoms. The maximum atomic E-state index is 14.0. The van der Waals surface area contributed by atoms with Crippen LogP contribution < -0.4 is 5.32 Å². The molecule has 3 aromatic rings. The Balaban J connectivity index is 1.90. The highest BCUT2D eigenvalue weighted by Crippen LogP contribution is 2.22. The van der Waals surface area contributed by atoms with Gasteiger partial charge in [0.25, 0.3) is 5.91 Å². The molecule has 2 heterocycles. The van der Waals surface area contributed by atoms with Crippen molar-refractivity contribution in [2.45, 2.75) is 26.7 Å². The number of hydrogen-bond donors (Lipinski definition) is 1. The van der Waals surface area contributed by atoms with Crippen molar-refractivity contribution in [2.75, 3.05) is 5.32 Å². The number of halogens is 2. The van der Waals surface area contributed by atoms with E-state index in [-0.39, 0.29) is 16.6 Å². The molecule has 0 aliphatic carbocycles. The summed E-state index contributed by atoms with van der Waals surface area (Å²) in [6.45, 7) is 5.58. The van der Waals surface area contributed by atoms with Gasteiger partial charge in [-0.15, -0.1) is 0 Å². The molecule has 0 spiro atoms. The van der Waals surface area contributed by atoms with Crippen LogP contribution in [0.15, 0.2) is 36.7 Å². The van der Waals surface area contributed by atoms with Crippen molar-refractivity contribution in [1.82, 2.24) is 19.7 Å². The van der Waals surface area contributed by atoms with Gasteiger partial charge in [-0.3, -0.25) is 4.79 Å². The van der Waals surface area contributed by atoms with Crippen LogP contribution in [0.3, 0.4) is 0 Å². The molecule has 0 aliphatic heterocycles. The fraction of sp³-hybridized carbons (Fsp3) is 0.222. The molecule has 0 radical (unpaired) electrons. The topological polar surface area (TPSA) is 72.7 Å². The minimum Gasteiger partial charge on any atom is -0.318 e. The Morgan fingerprint density at radius 1 is 1.27 bits per heavy atom. The average molecular weight is 374 g/mol. The number of benzene rings is 1. The van der Waals surface area contributed by atoms with Gasteiger partial charge in [0.15, 0.2) is 5.69 Å². The van der Waals surface area contributed by atoms with Gasteiger partial charge in [0.1, 0.15) is 17.3 Å². The fourth-order valence-electron chi connectivity index (χ4n) is 2.40. The monoisotopic (exact) mass is 373 g/mol. The molecule has 0 bridgehead atoms. The number of carbonyl (C=O) groups excluding carboxylic acids is 1. The molecule has 0 aliphatic rings. The van der Waals surface area contributed by atoms with Crippen molar-refractivity contribution < 1.29 is 9.18 Å². The number of amides is 1. The first-order valence-electron chi connectivity index (χ1n) is 8.01. The number of para-hydroxylation sites is 1. The van der Waals surface area contributed by atoms with E-state index in [1.54, 1.807) is 25.1 Å². The molecule has 0 atom stereocenters. The molecule has 0 unspecified atom stereocenters. The van der Waals surface area contributed by atoms with E-state index in [1.807, 2.05) is 13.8 Å².